The molecule has 4 rings (SSSR count). The number of quaternary nitrogens is 1. The van der Waals surface area contributed by atoms with E-state index in [1.165, 1.54) is 10.5 Å². The zero-order valence-electron chi connectivity index (χ0n) is 19.9. The fourth-order valence-electron chi connectivity index (χ4n) is 6.25. The molecule has 3 fully saturated rings. The highest BCUT2D eigenvalue weighted by Crippen LogP contribution is 2.38. The molecule has 2 aliphatic heterocycles. The standard InChI is InChI=1S/C25H36N4O5/c1-29(15-13-28(14-16-29)25(32)33)20-7-8-21(22(17-20)23(30)26-34)24(31)27-11-9-19(10-12-27)18-5-3-2-4-6-18/h2-6,19-22H,7-17H2,1H3,(H2-,26,30,32,33,34)/p+1/t20-,21+,22+/m1/s1. The molecular weight excluding hydrogens is 436 g/mol. The van der Waals surface area contributed by atoms with Gasteiger partial charge < -0.3 is 14.5 Å². The zero-order chi connectivity index (χ0) is 24.3. The number of carbonyl (C=O) groups is 3. The summed E-state index contributed by atoms with van der Waals surface area (Å²) >= 11 is 0. The smallest absolute Gasteiger partial charge is 0.407 e. The molecule has 1 aliphatic carbocycles. The molecule has 3 aliphatic rings. The van der Waals surface area contributed by atoms with Crippen LogP contribution in [-0.4, -0.2) is 94.9 Å². The largest absolute Gasteiger partial charge is 0.465 e. The summed E-state index contributed by atoms with van der Waals surface area (Å²) in [6, 6.07) is 10.6. The highest BCUT2D eigenvalue weighted by Gasteiger charge is 2.47. The summed E-state index contributed by atoms with van der Waals surface area (Å²) in [6.07, 6.45) is 2.88. The molecule has 0 bridgehead atoms. The number of amides is 3. The molecule has 1 saturated carbocycles. The van der Waals surface area contributed by atoms with Gasteiger partial charge in [-0.25, -0.2) is 10.3 Å². The fraction of sp³-hybridized carbons (Fsp3) is 0.640. The second kappa shape index (κ2) is 10.3. The third-order valence-electron chi connectivity index (χ3n) is 8.58. The number of carboxylic acid groups (broad SMARTS) is 1. The van der Waals surface area contributed by atoms with Gasteiger partial charge in [0.05, 0.1) is 51.1 Å². The summed E-state index contributed by atoms with van der Waals surface area (Å²) in [6.45, 7) is 3.69. The van der Waals surface area contributed by atoms with Crippen LogP contribution in [0.15, 0.2) is 30.3 Å². The first-order chi connectivity index (χ1) is 16.3. The van der Waals surface area contributed by atoms with Gasteiger partial charge in [-0.05, 0) is 30.7 Å². The predicted octanol–water partition coefficient (Wildman–Crippen LogP) is 2.12. The van der Waals surface area contributed by atoms with E-state index < -0.39 is 23.8 Å². The summed E-state index contributed by atoms with van der Waals surface area (Å²) in [4.78, 5) is 40.8. The van der Waals surface area contributed by atoms with Crippen LogP contribution in [0.2, 0.25) is 0 Å². The number of piperazine rings is 1. The number of hydrogen-bond donors (Lipinski definition) is 3. The molecule has 0 radical (unpaired) electrons. The van der Waals surface area contributed by atoms with Gasteiger partial charge in [-0.15, -0.1) is 0 Å². The lowest BCUT2D eigenvalue weighted by molar-refractivity contribution is -0.938. The molecule has 3 amide bonds. The molecule has 1 aromatic rings. The topological polar surface area (TPSA) is 110 Å². The molecule has 1 aromatic carbocycles. The van der Waals surface area contributed by atoms with Gasteiger partial charge in [0.2, 0.25) is 11.8 Å². The molecular formula is C25H37N4O5+. The van der Waals surface area contributed by atoms with Crippen molar-refractivity contribution in [2.24, 2.45) is 11.8 Å². The van der Waals surface area contributed by atoms with Crippen molar-refractivity contribution in [3.8, 4) is 0 Å². The maximum absolute atomic E-state index is 13.5. The lowest BCUT2D eigenvalue weighted by Crippen LogP contribution is -2.64. The van der Waals surface area contributed by atoms with Crippen LogP contribution in [-0.2, 0) is 9.59 Å². The lowest BCUT2D eigenvalue weighted by Gasteiger charge is -2.49. The molecule has 2 heterocycles. The van der Waals surface area contributed by atoms with E-state index in [1.54, 1.807) is 5.48 Å². The van der Waals surface area contributed by atoms with Gasteiger partial charge in [-0.2, -0.15) is 0 Å². The first-order valence-corrected chi connectivity index (χ1v) is 12.4. The van der Waals surface area contributed by atoms with Crippen LogP contribution >= 0.6 is 0 Å². The molecule has 0 spiro atoms. The van der Waals surface area contributed by atoms with E-state index in [-0.39, 0.29) is 11.9 Å². The third-order valence-corrected chi connectivity index (χ3v) is 8.58. The molecule has 3 atom stereocenters. The second-order valence-corrected chi connectivity index (χ2v) is 10.4. The average Bonchev–Trinajstić information content (AvgIpc) is 2.88. The number of rotatable bonds is 4. The summed E-state index contributed by atoms with van der Waals surface area (Å²) in [5, 5.41) is 18.7. The second-order valence-electron chi connectivity index (χ2n) is 10.4. The number of piperidine rings is 1. The normalized spacial score (nSPS) is 27.8. The van der Waals surface area contributed by atoms with Crippen LogP contribution in [0.3, 0.4) is 0 Å². The van der Waals surface area contributed by atoms with Gasteiger partial charge in [-0.3, -0.25) is 19.7 Å². The van der Waals surface area contributed by atoms with E-state index in [2.05, 4.69) is 19.2 Å². The summed E-state index contributed by atoms with van der Waals surface area (Å²) in [5.74, 6) is -1.01. The van der Waals surface area contributed by atoms with Gasteiger partial charge in [0.1, 0.15) is 0 Å². The zero-order valence-corrected chi connectivity index (χ0v) is 19.9. The molecule has 3 N–H and O–H groups in total. The SMILES string of the molecule is C[N+]1([C@@H]2CC[C@H](C(=O)N3CCC(c4ccccc4)CC3)[C@@H](C(=O)NO)C2)CCN(C(=O)O)CC1. The molecule has 0 unspecified atom stereocenters. The Morgan fingerprint density at radius 1 is 0.912 bits per heavy atom. The number of hydroxylamine groups is 1. The van der Waals surface area contributed by atoms with E-state index >= 15 is 0 Å². The summed E-state index contributed by atoms with van der Waals surface area (Å²) in [7, 11) is 2.12. The van der Waals surface area contributed by atoms with Crippen molar-refractivity contribution in [2.45, 2.75) is 44.1 Å². The molecule has 9 nitrogen and oxygen atoms in total. The Morgan fingerprint density at radius 3 is 2.15 bits per heavy atom. The van der Waals surface area contributed by atoms with Crippen molar-refractivity contribution >= 4 is 17.9 Å². The van der Waals surface area contributed by atoms with Crippen LogP contribution < -0.4 is 5.48 Å². The lowest BCUT2D eigenvalue weighted by atomic mass is 9.74. The Kier molecular flexibility index (Phi) is 7.42. The van der Waals surface area contributed by atoms with Crippen molar-refractivity contribution in [1.82, 2.24) is 15.3 Å². The summed E-state index contributed by atoms with van der Waals surface area (Å²) in [5.41, 5.74) is 3.12. The highest BCUT2D eigenvalue weighted by atomic mass is 16.5. The fourth-order valence-corrected chi connectivity index (χ4v) is 6.25. The minimum atomic E-state index is -0.894. The number of carbonyl (C=O) groups excluding carboxylic acids is 2. The van der Waals surface area contributed by atoms with Crippen molar-refractivity contribution in [3.05, 3.63) is 35.9 Å². The van der Waals surface area contributed by atoms with E-state index in [9.17, 15) is 24.7 Å². The molecule has 186 valence electrons. The number of nitrogens with zero attached hydrogens (tertiary/aromatic N) is 3. The van der Waals surface area contributed by atoms with Crippen LogP contribution in [0.5, 0.6) is 0 Å². The Balaban J connectivity index is 1.39. The Labute approximate surface area is 200 Å². The predicted molar refractivity (Wildman–Crippen MR) is 125 cm³/mol. The van der Waals surface area contributed by atoms with Gasteiger partial charge in [0.25, 0.3) is 0 Å². The molecule has 2 saturated heterocycles. The Bertz CT molecular complexity index is 879. The van der Waals surface area contributed by atoms with Crippen molar-refractivity contribution in [3.63, 3.8) is 0 Å². The third kappa shape index (κ3) is 5.05. The number of hydrogen-bond acceptors (Lipinski definition) is 4. The average molecular weight is 474 g/mol. The Hall–Kier alpha value is -2.65. The number of likely N-dealkylation sites (tertiary alicyclic amines) is 1. The molecule has 9 heteroatoms. The van der Waals surface area contributed by atoms with E-state index in [0.29, 0.717) is 62.5 Å². The van der Waals surface area contributed by atoms with Crippen molar-refractivity contribution < 1.29 is 29.2 Å². The summed E-state index contributed by atoms with van der Waals surface area (Å²) < 4.78 is 0.697. The quantitative estimate of drug-likeness (QED) is 0.353. The van der Waals surface area contributed by atoms with E-state index in [0.717, 1.165) is 19.3 Å². The van der Waals surface area contributed by atoms with Crippen LogP contribution in [0.25, 0.3) is 0 Å². The van der Waals surface area contributed by atoms with Crippen molar-refractivity contribution in [1.29, 1.82) is 0 Å². The first kappa shape index (κ1) is 24.5. The number of likely N-dealkylation sites (N-methyl/N-ethyl adjacent to an activating group) is 1. The van der Waals surface area contributed by atoms with Gasteiger partial charge in [0.15, 0.2) is 0 Å². The van der Waals surface area contributed by atoms with Crippen molar-refractivity contribution in [2.75, 3.05) is 46.3 Å². The van der Waals surface area contributed by atoms with Crippen LogP contribution in [0, 0.1) is 11.8 Å². The van der Waals surface area contributed by atoms with Gasteiger partial charge in [-0.1, -0.05) is 30.3 Å². The molecule has 0 aromatic heterocycles. The van der Waals surface area contributed by atoms with E-state index in [4.69, 9.17) is 0 Å². The monoisotopic (exact) mass is 473 g/mol. The first-order valence-electron chi connectivity index (χ1n) is 12.4. The number of nitrogens with one attached hydrogen (secondary N) is 1. The van der Waals surface area contributed by atoms with Crippen LogP contribution in [0.4, 0.5) is 4.79 Å². The van der Waals surface area contributed by atoms with Gasteiger partial charge >= 0.3 is 6.09 Å². The van der Waals surface area contributed by atoms with Gasteiger partial charge in [0, 0.05) is 25.9 Å². The van der Waals surface area contributed by atoms with Crippen LogP contribution in [0.1, 0.15) is 43.6 Å². The minimum absolute atomic E-state index is 0.0249. The highest BCUT2D eigenvalue weighted by molar-refractivity contribution is 5.87. The van der Waals surface area contributed by atoms with E-state index in [1.807, 2.05) is 23.1 Å². The maximum Gasteiger partial charge on any atom is 0.407 e. The minimum Gasteiger partial charge on any atom is -0.465 e. The number of benzene rings is 1. The Morgan fingerprint density at radius 2 is 1.56 bits per heavy atom. The molecule has 34 heavy (non-hydrogen) atoms. The maximum atomic E-state index is 13.5.